The van der Waals surface area contributed by atoms with Crippen LogP contribution in [0.4, 0.5) is 8.78 Å². The fourth-order valence-electron chi connectivity index (χ4n) is 1.54. The maximum atomic E-state index is 13.8. The van der Waals surface area contributed by atoms with Gasteiger partial charge in [-0.1, -0.05) is 0 Å². The van der Waals surface area contributed by atoms with Gasteiger partial charge in [-0.25, -0.2) is 8.78 Å². The first-order chi connectivity index (χ1) is 8.50. The Balaban J connectivity index is 2.52. The van der Waals surface area contributed by atoms with Crippen molar-refractivity contribution in [3.63, 3.8) is 0 Å². The van der Waals surface area contributed by atoms with Crippen LogP contribution in [-0.2, 0) is 0 Å². The average molecular weight is 379 g/mol. The highest BCUT2D eigenvalue weighted by molar-refractivity contribution is 9.10. The van der Waals surface area contributed by atoms with E-state index in [0.29, 0.717) is 10.0 Å². The number of aromatic nitrogens is 1. The summed E-state index contributed by atoms with van der Waals surface area (Å²) in [5.74, 6) is -1.62. The molecule has 0 amide bonds. The van der Waals surface area contributed by atoms with Crippen LogP contribution in [0.5, 0.6) is 0 Å². The van der Waals surface area contributed by atoms with Crippen molar-refractivity contribution in [3.8, 4) is 0 Å². The van der Waals surface area contributed by atoms with E-state index in [1.165, 1.54) is 18.5 Å². The molecule has 1 aromatic heterocycles. The normalized spacial score (nSPS) is 12.5. The lowest BCUT2D eigenvalue weighted by Crippen LogP contribution is -2.06. The molecule has 0 fully saturated rings. The van der Waals surface area contributed by atoms with Crippen LogP contribution in [0.2, 0.25) is 0 Å². The number of hydrogen-bond donors (Lipinski definition) is 1. The fraction of sp³-hybridized carbons (Fsp3) is 0.0833. The van der Waals surface area contributed by atoms with E-state index in [1.54, 1.807) is 6.07 Å². The Morgan fingerprint density at radius 3 is 2.56 bits per heavy atom. The summed E-state index contributed by atoms with van der Waals surface area (Å²) < 4.78 is 28.2. The number of hydrogen-bond acceptors (Lipinski definition) is 2. The Morgan fingerprint density at radius 2 is 1.89 bits per heavy atom. The van der Waals surface area contributed by atoms with Crippen molar-refractivity contribution in [2.75, 3.05) is 0 Å². The molecule has 1 atom stereocenters. The number of rotatable bonds is 2. The highest BCUT2D eigenvalue weighted by Gasteiger charge is 2.22. The van der Waals surface area contributed by atoms with E-state index in [1.807, 2.05) is 0 Å². The minimum atomic E-state index is -1.41. The predicted molar refractivity (Wildman–Crippen MR) is 70.1 cm³/mol. The first-order valence-corrected chi connectivity index (χ1v) is 6.51. The second-order valence-electron chi connectivity index (χ2n) is 3.60. The van der Waals surface area contributed by atoms with Gasteiger partial charge in [-0.15, -0.1) is 0 Å². The molecule has 0 radical (unpaired) electrons. The average Bonchev–Trinajstić information content (AvgIpc) is 2.34. The summed E-state index contributed by atoms with van der Waals surface area (Å²) in [5, 5.41) is 10.0. The van der Waals surface area contributed by atoms with Crippen molar-refractivity contribution in [3.05, 3.63) is 62.3 Å². The molecule has 1 N–H and O–H groups in total. The largest absolute Gasteiger partial charge is 0.383 e. The van der Waals surface area contributed by atoms with E-state index < -0.39 is 23.3 Å². The molecule has 18 heavy (non-hydrogen) atoms. The van der Waals surface area contributed by atoms with Gasteiger partial charge in [0.15, 0.2) is 0 Å². The monoisotopic (exact) mass is 377 g/mol. The van der Waals surface area contributed by atoms with Crippen molar-refractivity contribution >= 4 is 31.9 Å². The number of aliphatic hydroxyl groups excluding tert-OH is 1. The van der Waals surface area contributed by atoms with Crippen LogP contribution in [0.15, 0.2) is 39.5 Å². The number of pyridine rings is 1. The van der Waals surface area contributed by atoms with Crippen LogP contribution < -0.4 is 0 Å². The number of nitrogens with zero attached hydrogens (tertiary/aromatic N) is 1. The minimum Gasteiger partial charge on any atom is -0.383 e. The van der Waals surface area contributed by atoms with E-state index in [0.717, 1.165) is 6.07 Å². The molecule has 2 nitrogen and oxygen atoms in total. The molecule has 0 spiro atoms. The van der Waals surface area contributed by atoms with Gasteiger partial charge in [-0.05, 0) is 50.1 Å². The van der Waals surface area contributed by atoms with Crippen molar-refractivity contribution in [1.82, 2.24) is 4.98 Å². The van der Waals surface area contributed by atoms with Crippen molar-refractivity contribution in [2.24, 2.45) is 0 Å². The first-order valence-electron chi connectivity index (χ1n) is 4.92. The molecule has 0 saturated carbocycles. The molecule has 0 aliphatic rings. The summed E-state index contributed by atoms with van der Waals surface area (Å²) in [7, 11) is 0. The molecule has 2 aromatic rings. The molecule has 0 saturated heterocycles. The van der Waals surface area contributed by atoms with Gasteiger partial charge in [0.05, 0.1) is 10.0 Å². The molecule has 0 aliphatic carbocycles. The lowest BCUT2D eigenvalue weighted by Gasteiger charge is -2.14. The van der Waals surface area contributed by atoms with Crippen molar-refractivity contribution in [1.29, 1.82) is 0 Å². The molecule has 1 unspecified atom stereocenters. The van der Waals surface area contributed by atoms with Crippen molar-refractivity contribution < 1.29 is 13.9 Å². The van der Waals surface area contributed by atoms with Crippen molar-refractivity contribution in [2.45, 2.75) is 6.10 Å². The lowest BCUT2D eigenvalue weighted by molar-refractivity contribution is 0.208. The minimum absolute atomic E-state index is 0.0981. The van der Waals surface area contributed by atoms with E-state index >= 15 is 0 Å². The highest BCUT2D eigenvalue weighted by atomic mass is 79.9. The molecule has 2 rings (SSSR count). The molecule has 94 valence electrons. The third kappa shape index (κ3) is 2.60. The van der Waals surface area contributed by atoms with Gasteiger partial charge >= 0.3 is 0 Å². The standard InChI is InChI=1S/C12H7Br2F2NO/c13-7-3-6(4-17-5-7)12(18)10-9(15)2-1-8(14)11(10)16/h1-5,12,18H. The number of halogens is 4. The molecule has 0 bridgehead atoms. The van der Waals surface area contributed by atoms with E-state index in [-0.39, 0.29) is 4.47 Å². The van der Waals surface area contributed by atoms with Crippen LogP contribution in [0, 0.1) is 11.6 Å². The highest BCUT2D eigenvalue weighted by Crippen LogP contribution is 2.31. The fourth-order valence-corrected chi connectivity index (χ4v) is 2.27. The van der Waals surface area contributed by atoms with Crippen LogP contribution >= 0.6 is 31.9 Å². The van der Waals surface area contributed by atoms with Gasteiger partial charge in [0.1, 0.15) is 17.7 Å². The molecular formula is C12H7Br2F2NO. The topological polar surface area (TPSA) is 33.1 Å². The van der Waals surface area contributed by atoms with Gasteiger partial charge in [-0.3, -0.25) is 4.98 Å². The van der Waals surface area contributed by atoms with E-state index in [9.17, 15) is 13.9 Å². The zero-order valence-electron chi connectivity index (χ0n) is 8.87. The summed E-state index contributed by atoms with van der Waals surface area (Å²) in [6.45, 7) is 0. The Kier molecular flexibility index (Phi) is 4.09. The SMILES string of the molecule is OC(c1cncc(Br)c1)c1c(F)ccc(Br)c1F. The van der Waals surface area contributed by atoms with Crippen LogP contribution in [0.1, 0.15) is 17.2 Å². The van der Waals surface area contributed by atoms with Crippen LogP contribution in [-0.4, -0.2) is 10.1 Å². The predicted octanol–water partition coefficient (Wildman–Crippen LogP) is 3.97. The zero-order valence-corrected chi connectivity index (χ0v) is 12.0. The summed E-state index contributed by atoms with van der Waals surface area (Å²) in [6.07, 6.45) is 1.46. The molecule has 0 aliphatic heterocycles. The smallest absolute Gasteiger partial charge is 0.146 e. The zero-order chi connectivity index (χ0) is 13.3. The van der Waals surface area contributed by atoms with E-state index in [4.69, 9.17) is 0 Å². The molecule has 1 heterocycles. The van der Waals surface area contributed by atoms with Gasteiger partial charge in [-0.2, -0.15) is 0 Å². The second-order valence-corrected chi connectivity index (χ2v) is 5.37. The van der Waals surface area contributed by atoms with E-state index in [2.05, 4.69) is 36.8 Å². The molecule has 1 aromatic carbocycles. The second kappa shape index (κ2) is 5.42. The summed E-state index contributed by atoms with van der Waals surface area (Å²) in [5.41, 5.74) is -0.0930. The van der Waals surface area contributed by atoms with Crippen LogP contribution in [0.25, 0.3) is 0 Å². The summed E-state index contributed by atoms with van der Waals surface area (Å²) in [6, 6.07) is 3.90. The number of benzene rings is 1. The number of aliphatic hydroxyl groups is 1. The quantitative estimate of drug-likeness (QED) is 0.802. The van der Waals surface area contributed by atoms with Gasteiger partial charge in [0, 0.05) is 22.4 Å². The Labute approximate surface area is 119 Å². The maximum Gasteiger partial charge on any atom is 0.146 e. The third-order valence-corrected chi connectivity index (χ3v) is 3.44. The lowest BCUT2D eigenvalue weighted by atomic mass is 10.0. The van der Waals surface area contributed by atoms with Gasteiger partial charge in [0.2, 0.25) is 0 Å². The first kappa shape index (κ1) is 13.6. The Morgan fingerprint density at radius 1 is 1.17 bits per heavy atom. The summed E-state index contributed by atoms with van der Waals surface area (Å²) >= 11 is 6.14. The Bertz CT molecular complexity index is 592. The van der Waals surface area contributed by atoms with Gasteiger partial charge in [0.25, 0.3) is 0 Å². The molecule has 6 heteroatoms. The molecular weight excluding hydrogens is 372 g/mol. The van der Waals surface area contributed by atoms with Gasteiger partial charge < -0.3 is 5.11 Å². The summed E-state index contributed by atoms with van der Waals surface area (Å²) in [4.78, 5) is 3.85. The van der Waals surface area contributed by atoms with Crippen LogP contribution in [0.3, 0.4) is 0 Å². The maximum absolute atomic E-state index is 13.8. The third-order valence-electron chi connectivity index (χ3n) is 2.39. The Hall–Kier alpha value is -0.850.